The van der Waals surface area contributed by atoms with Gasteiger partial charge in [-0.3, -0.25) is 4.79 Å². The Morgan fingerprint density at radius 3 is 2.62 bits per heavy atom. The van der Waals surface area contributed by atoms with Crippen LogP contribution in [0.5, 0.6) is 11.5 Å². The van der Waals surface area contributed by atoms with Crippen LogP contribution in [-0.2, 0) is 0 Å². The molecular formula is C16H22N2O3. The number of ether oxygens (including phenoxy) is 2. The summed E-state index contributed by atoms with van der Waals surface area (Å²) in [6.45, 7) is 2.41. The average Bonchev–Trinajstić information content (AvgIpc) is 2.36. The molecule has 1 aromatic carbocycles. The fourth-order valence-electron chi connectivity index (χ4n) is 3.64. The Morgan fingerprint density at radius 1 is 1.33 bits per heavy atom. The number of carbonyl (C=O) groups excluding carboxylic acids is 1. The molecule has 0 heterocycles. The van der Waals surface area contributed by atoms with E-state index >= 15 is 0 Å². The maximum atomic E-state index is 11.6. The molecule has 0 aromatic heterocycles. The first-order valence-electron chi connectivity index (χ1n) is 7.51. The van der Waals surface area contributed by atoms with E-state index in [-0.39, 0.29) is 6.10 Å². The SMILES string of the molecule is CCOc1cccc(C(N)=O)c1OC1CC2(CC(N)C2)C1. The van der Waals surface area contributed by atoms with Crippen LogP contribution in [0.1, 0.15) is 43.0 Å². The van der Waals surface area contributed by atoms with Crippen LogP contribution in [0, 0.1) is 5.41 Å². The van der Waals surface area contributed by atoms with Crippen LogP contribution in [0.15, 0.2) is 18.2 Å². The van der Waals surface area contributed by atoms with Gasteiger partial charge in [0, 0.05) is 6.04 Å². The molecule has 2 aliphatic carbocycles. The summed E-state index contributed by atoms with van der Waals surface area (Å²) in [5.41, 5.74) is 12.1. The van der Waals surface area contributed by atoms with E-state index in [1.165, 1.54) is 0 Å². The number of rotatable bonds is 5. The van der Waals surface area contributed by atoms with E-state index in [1.54, 1.807) is 18.2 Å². The van der Waals surface area contributed by atoms with Gasteiger partial charge in [0.1, 0.15) is 6.10 Å². The lowest BCUT2D eigenvalue weighted by Crippen LogP contribution is -2.56. The summed E-state index contributed by atoms with van der Waals surface area (Å²) in [6.07, 6.45) is 4.29. The van der Waals surface area contributed by atoms with E-state index in [0.29, 0.717) is 35.1 Å². The number of benzene rings is 1. The van der Waals surface area contributed by atoms with E-state index in [1.807, 2.05) is 6.92 Å². The minimum absolute atomic E-state index is 0.122. The van der Waals surface area contributed by atoms with Crippen molar-refractivity contribution in [3.63, 3.8) is 0 Å². The lowest BCUT2D eigenvalue weighted by Gasteiger charge is -2.56. The van der Waals surface area contributed by atoms with E-state index < -0.39 is 5.91 Å². The molecule has 0 atom stereocenters. The first-order valence-corrected chi connectivity index (χ1v) is 7.51. The zero-order valence-electron chi connectivity index (χ0n) is 12.3. The van der Waals surface area contributed by atoms with Crippen LogP contribution < -0.4 is 20.9 Å². The number of primary amides is 1. The molecule has 1 spiro atoms. The monoisotopic (exact) mass is 290 g/mol. The van der Waals surface area contributed by atoms with Crippen LogP contribution in [-0.4, -0.2) is 24.7 Å². The largest absolute Gasteiger partial charge is 0.490 e. The fourth-order valence-corrected chi connectivity index (χ4v) is 3.64. The Bertz CT molecular complexity index is 544. The molecule has 3 rings (SSSR count). The van der Waals surface area contributed by atoms with Gasteiger partial charge in [-0.05, 0) is 50.2 Å². The van der Waals surface area contributed by atoms with E-state index in [9.17, 15) is 4.79 Å². The van der Waals surface area contributed by atoms with Gasteiger partial charge >= 0.3 is 0 Å². The molecule has 0 unspecified atom stereocenters. The Labute approximate surface area is 124 Å². The van der Waals surface area contributed by atoms with E-state index in [0.717, 1.165) is 25.7 Å². The number of para-hydroxylation sites is 1. The molecule has 21 heavy (non-hydrogen) atoms. The molecule has 114 valence electrons. The zero-order valence-corrected chi connectivity index (χ0v) is 12.3. The molecule has 1 aromatic rings. The van der Waals surface area contributed by atoms with Crippen molar-refractivity contribution in [1.29, 1.82) is 0 Å². The highest BCUT2D eigenvalue weighted by Gasteiger charge is 2.53. The second-order valence-electron chi connectivity index (χ2n) is 6.25. The summed E-state index contributed by atoms with van der Waals surface area (Å²) < 4.78 is 11.6. The lowest BCUT2D eigenvalue weighted by atomic mass is 9.53. The third kappa shape index (κ3) is 2.58. The molecule has 0 radical (unpaired) electrons. The number of hydrogen-bond donors (Lipinski definition) is 2. The molecule has 0 aliphatic heterocycles. The second kappa shape index (κ2) is 5.22. The quantitative estimate of drug-likeness (QED) is 0.866. The minimum Gasteiger partial charge on any atom is -0.490 e. The number of amides is 1. The molecule has 2 fully saturated rings. The van der Waals surface area contributed by atoms with Gasteiger partial charge in [-0.1, -0.05) is 6.07 Å². The Morgan fingerprint density at radius 2 is 2.05 bits per heavy atom. The standard InChI is InChI=1S/C16H22N2O3/c1-2-20-13-5-3-4-12(15(18)19)14(13)21-11-8-16(9-11)6-10(17)7-16/h3-5,10-11H,2,6-9,17H2,1H3,(H2,18,19). The van der Waals surface area contributed by atoms with E-state index in [4.69, 9.17) is 20.9 Å². The summed E-state index contributed by atoms with van der Waals surface area (Å²) in [4.78, 5) is 11.6. The van der Waals surface area contributed by atoms with Crippen molar-refractivity contribution in [1.82, 2.24) is 0 Å². The molecule has 2 saturated carbocycles. The zero-order chi connectivity index (χ0) is 15.0. The Kier molecular flexibility index (Phi) is 3.53. The van der Waals surface area contributed by atoms with Crippen molar-refractivity contribution in [3.8, 4) is 11.5 Å². The summed E-state index contributed by atoms with van der Waals surface area (Å²) in [7, 11) is 0. The molecule has 2 aliphatic rings. The predicted octanol–water partition coefficient (Wildman–Crippen LogP) is 1.83. The van der Waals surface area contributed by atoms with Gasteiger partial charge < -0.3 is 20.9 Å². The van der Waals surface area contributed by atoms with E-state index in [2.05, 4.69) is 0 Å². The number of nitrogens with two attached hydrogens (primary N) is 2. The van der Waals surface area contributed by atoms with Gasteiger partial charge in [-0.15, -0.1) is 0 Å². The molecule has 0 bridgehead atoms. The van der Waals surface area contributed by atoms with Crippen LogP contribution in [0.3, 0.4) is 0 Å². The van der Waals surface area contributed by atoms with Gasteiger partial charge in [-0.25, -0.2) is 0 Å². The van der Waals surface area contributed by atoms with Crippen molar-refractivity contribution >= 4 is 5.91 Å². The van der Waals surface area contributed by atoms with Gasteiger partial charge in [0.15, 0.2) is 11.5 Å². The molecular weight excluding hydrogens is 268 g/mol. The van der Waals surface area contributed by atoms with Crippen molar-refractivity contribution in [2.75, 3.05) is 6.61 Å². The van der Waals surface area contributed by atoms with Crippen LogP contribution >= 0.6 is 0 Å². The molecule has 1 amide bonds. The fraction of sp³-hybridized carbons (Fsp3) is 0.562. The summed E-state index contributed by atoms with van der Waals surface area (Å²) in [5.74, 6) is 0.571. The van der Waals surface area contributed by atoms with Gasteiger partial charge in [0.2, 0.25) is 0 Å². The van der Waals surface area contributed by atoms with Crippen molar-refractivity contribution in [2.45, 2.75) is 44.8 Å². The normalized spacial score (nSPS) is 30.4. The van der Waals surface area contributed by atoms with Crippen molar-refractivity contribution in [2.24, 2.45) is 16.9 Å². The third-order valence-electron chi connectivity index (χ3n) is 4.54. The van der Waals surface area contributed by atoms with Crippen LogP contribution in [0.25, 0.3) is 0 Å². The minimum atomic E-state index is -0.494. The predicted molar refractivity (Wildman–Crippen MR) is 79.4 cm³/mol. The first kappa shape index (κ1) is 14.2. The summed E-state index contributed by atoms with van der Waals surface area (Å²) >= 11 is 0. The van der Waals surface area contributed by atoms with Crippen molar-refractivity contribution < 1.29 is 14.3 Å². The van der Waals surface area contributed by atoms with Gasteiger partial charge in [0.25, 0.3) is 5.91 Å². The van der Waals surface area contributed by atoms with Gasteiger partial charge in [0.05, 0.1) is 12.2 Å². The molecule has 0 saturated heterocycles. The molecule has 5 heteroatoms. The highest BCUT2D eigenvalue weighted by molar-refractivity contribution is 5.96. The second-order valence-corrected chi connectivity index (χ2v) is 6.25. The Balaban J connectivity index is 1.73. The lowest BCUT2D eigenvalue weighted by molar-refractivity contribution is -0.0789. The maximum absolute atomic E-state index is 11.6. The smallest absolute Gasteiger partial charge is 0.252 e. The molecule has 4 N–H and O–H groups in total. The molecule has 5 nitrogen and oxygen atoms in total. The van der Waals surface area contributed by atoms with Crippen molar-refractivity contribution in [3.05, 3.63) is 23.8 Å². The average molecular weight is 290 g/mol. The van der Waals surface area contributed by atoms with Gasteiger partial charge in [-0.2, -0.15) is 0 Å². The summed E-state index contributed by atoms with van der Waals surface area (Å²) in [6, 6.07) is 5.58. The van der Waals surface area contributed by atoms with Crippen LogP contribution in [0.4, 0.5) is 0 Å². The Hall–Kier alpha value is -1.75. The van der Waals surface area contributed by atoms with Crippen LogP contribution in [0.2, 0.25) is 0 Å². The summed E-state index contributed by atoms with van der Waals surface area (Å²) in [5, 5.41) is 0. The highest BCUT2D eigenvalue weighted by atomic mass is 16.5. The topological polar surface area (TPSA) is 87.6 Å². The third-order valence-corrected chi connectivity index (χ3v) is 4.54. The number of carbonyl (C=O) groups is 1. The first-order chi connectivity index (χ1) is 10.0. The highest BCUT2D eigenvalue weighted by Crippen LogP contribution is 2.56. The maximum Gasteiger partial charge on any atom is 0.252 e. The number of hydrogen-bond acceptors (Lipinski definition) is 4.